The number of carboxylic acids is 1. The van der Waals surface area contributed by atoms with E-state index in [9.17, 15) is 23.8 Å². The summed E-state index contributed by atoms with van der Waals surface area (Å²) in [6.07, 6.45) is 20.3. The van der Waals surface area contributed by atoms with Gasteiger partial charge in [-0.1, -0.05) is 110 Å². The minimum Gasteiger partial charge on any atom is -0.480 e. The maximum atomic E-state index is 12.0. The number of phosphoric acid groups is 1. The second kappa shape index (κ2) is 25.2. The highest BCUT2D eigenvalue weighted by Crippen LogP contribution is 2.43. The quantitative estimate of drug-likeness (QED) is 0.0546. The molecule has 0 bridgehead atoms. The van der Waals surface area contributed by atoms with Gasteiger partial charge in [0.15, 0.2) is 6.10 Å². The van der Waals surface area contributed by atoms with Crippen LogP contribution >= 0.6 is 7.82 Å². The molecule has 12 heteroatoms. The summed E-state index contributed by atoms with van der Waals surface area (Å²) < 4.78 is 31.2. The molecule has 0 saturated carbocycles. The predicted octanol–water partition coefficient (Wildman–Crippen LogP) is 6.05. The van der Waals surface area contributed by atoms with Crippen molar-refractivity contribution in [2.45, 2.75) is 142 Å². The Bertz CT molecular complexity index is 721. The third-order valence-electron chi connectivity index (χ3n) is 6.41. The molecular weight excluding hydrogens is 541 g/mol. The first-order valence-electron chi connectivity index (χ1n) is 15.0. The summed E-state index contributed by atoms with van der Waals surface area (Å²) in [5, 5.41) is 8.69. The molecule has 0 amide bonds. The summed E-state index contributed by atoms with van der Waals surface area (Å²) in [6, 6.07) is -1.51. The van der Waals surface area contributed by atoms with Gasteiger partial charge in [0.1, 0.15) is 12.6 Å². The molecule has 11 nitrogen and oxygen atoms in total. The Morgan fingerprint density at radius 1 is 0.725 bits per heavy atom. The highest BCUT2D eigenvalue weighted by atomic mass is 31.2. The first-order valence-corrected chi connectivity index (χ1v) is 16.5. The number of rotatable bonds is 28. The third-order valence-corrected chi connectivity index (χ3v) is 7.36. The molecule has 0 rings (SSSR count). The van der Waals surface area contributed by atoms with Crippen molar-refractivity contribution >= 4 is 25.7 Å². The lowest BCUT2D eigenvalue weighted by atomic mass is 10.0. The smallest absolute Gasteiger partial charge is 0.472 e. The zero-order chi connectivity index (χ0) is 30.1. The molecule has 0 fully saturated rings. The Labute approximate surface area is 240 Å². The molecule has 0 aliphatic rings. The van der Waals surface area contributed by atoms with E-state index in [0.717, 1.165) is 26.2 Å². The van der Waals surface area contributed by atoms with Crippen LogP contribution in [0.25, 0.3) is 0 Å². The number of ether oxygens (including phenoxy) is 2. The average Bonchev–Trinajstić information content (AvgIpc) is 2.90. The van der Waals surface area contributed by atoms with Crippen molar-refractivity contribution in [3.8, 4) is 0 Å². The van der Waals surface area contributed by atoms with Gasteiger partial charge in [0.2, 0.25) is 0 Å². The third kappa shape index (κ3) is 25.4. The lowest BCUT2D eigenvalue weighted by Crippen LogP contribution is -2.34. The lowest BCUT2D eigenvalue weighted by molar-refractivity contribution is -0.159. The summed E-state index contributed by atoms with van der Waals surface area (Å²) in [6.45, 7) is 1.68. The first-order chi connectivity index (χ1) is 19.1. The van der Waals surface area contributed by atoms with Gasteiger partial charge in [-0.3, -0.25) is 23.4 Å². The summed E-state index contributed by atoms with van der Waals surface area (Å²) in [7, 11) is -4.65. The first kappa shape index (κ1) is 38.5. The second-order valence-corrected chi connectivity index (χ2v) is 11.8. The molecule has 0 aromatic heterocycles. The Kier molecular flexibility index (Phi) is 24.3. The van der Waals surface area contributed by atoms with Crippen molar-refractivity contribution in [2.24, 2.45) is 5.73 Å². The monoisotopic (exact) mass is 595 g/mol. The van der Waals surface area contributed by atoms with Gasteiger partial charge in [0, 0.05) is 13.3 Å². The highest BCUT2D eigenvalue weighted by molar-refractivity contribution is 7.47. The number of hydrogen-bond donors (Lipinski definition) is 3. The number of phosphoric ester groups is 1. The molecule has 0 saturated heterocycles. The van der Waals surface area contributed by atoms with Crippen LogP contribution in [0.15, 0.2) is 0 Å². The highest BCUT2D eigenvalue weighted by Gasteiger charge is 2.27. The SMILES string of the molecule is CCCCCCCCCCCCCCCCCCCC(=O)OC[C@H](COP(=O)(O)OC[C@H](N)C(=O)O)OC(C)=O. The number of aliphatic carboxylic acids is 1. The molecule has 1 unspecified atom stereocenters. The van der Waals surface area contributed by atoms with Crippen molar-refractivity contribution in [1.82, 2.24) is 0 Å². The van der Waals surface area contributed by atoms with Gasteiger partial charge in [0.05, 0.1) is 13.2 Å². The van der Waals surface area contributed by atoms with Crippen molar-refractivity contribution in [2.75, 3.05) is 19.8 Å². The van der Waals surface area contributed by atoms with E-state index in [0.29, 0.717) is 6.42 Å². The molecule has 0 radical (unpaired) electrons. The fraction of sp³-hybridized carbons (Fsp3) is 0.893. The summed E-state index contributed by atoms with van der Waals surface area (Å²) in [5.74, 6) is -2.57. The summed E-state index contributed by atoms with van der Waals surface area (Å²) >= 11 is 0. The second-order valence-electron chi connectivity index (χ2n) is 10.3. The normalized spacial score (nSPS) is 14.3. The van der Waals surface area contributed by atoms with Gasteiger partial charge in [0.25, 0.3) is 0 Å². The van der Waals surface area contributed by atoms with E-state index in [-0.39, 0.29) is 13.0 Å². The molecule has 0 aromatic rings. The molecule has 0 heterocycles. The predicted molar refractivity (Wildman–Crippen MR) is 153 cm³/mol. The molecule has 4 N–H and O–H groups in total. The maximum absolute atomic E-state index is 12.0. The van der Waals surface area contributed by atoms with E-state index < -0.39 is 51.1 Å². The van der Waals surface area contributed by atoms with Gasteiger partial charge < -0.3 is 25.2 Å². The van der Waals surface area contributed by atoms with Gasteiger partial charge in [-0.25, -0.2) is 4.57 Å². The van der Waals surface area contributed by atoms with Crippen LogP contribution in [-0.2, 0) is 37.5 Å². The standard InChI is InChI=1S/C28H54NO10P/c1-3-4-5-6-7-8-9-10-11-12-13-14-15-16-17-18-19-20-27(31)36-21-25(39-24(2)30)22-37-40(34,35)38-23-26(29)28(32)33/h25-26H,3-23,29H2,1-2H3,(H,32,33)(H,34,35)/t25-,26+/m1/s1. The van der Waals surface area contributed by atoms with Gasteiger partial charge in [-0.15, -0.1) is 0 Å². The minimum absolute atomic E-state index is 0.223. The van der Waals surface area contributed by atoms with Gasteiger partial charge in [-0.05, 0) is 6.42 Å². The van der Waals surface area contributed by atoms with Crippen LogP contribution in [0.2, 0.25) is 0 Å². The van der Waals surface area contributed by atoms with Crippen molar-refractivity contribution in [3.63, 3.8) is 0 Å². The van der Waals surface area contributed by atoms with Crippen LogP contribution in [0.4, 0.5) is 0 Å². The van der Waals surface area contributed by atoms with Crippen LogP contribution in [0.1, 0.15) is 129 Å². The molecule has 0 spiro atoms. The number of esters is 2. The maximum Gasteiger partial charge on any atom is 0.472 e. The molecular formula is C28H54NO10P. The molecule has 236 valence electrons. The van der Waals surface area contributed by atoms with Crippen LogP contribution in [-0.4, -0.2) is 59.9 Å². The van der Waals surface area contributed by atoms with Crippen molar-refractivity contribution < 1.29 is 47.5 Å². The Balaban J connectivity index is 3.82. The number of carboxylic acid groups (broad SMARTS) is 1. The van der Waals surface area contributed by atoms with Gasteiger partial charge >= 0.3 is 25.7 Å². The zero-order valence-corrected chi connectivity index (χ0v) is 25.6. The van der Waals surface area contributed by atoms with Crippen molar-refractivity contribution in [3.05, 3.63) is 0 Å². The Hall–Kier alpha value is -1.52. The van der Waals surface area contributed by atoms with E-state index >= 15 is 0 Å². The Morgan fingerprint density at radius 3 is 1.57 bits per heavy atom. The topological polar surface area (TPSA) is 172 Å². The fourth-order valence-electron chi connectivity index (χ4n) is 4.06. The fourth-order valence-corrected chi connectivity index (χ4v) is 4.84. The van der Waals surface area contributed by atoms with E-state index in [2.05, 4.69) is 11.4 Å². The van der Waals surface area contributed by atoms with Crippen LogP contribution in [0.3, 0.4) is 0 Å². The summed E-state index contributed by atoms with van der Waals surface area (Å²) in [5.41, 5.74) is 5.21. The zero-order valence-electron chi connectivity index (χ0n) is 24.7. The van der Waals surface area contributed by atoms with Gasteiger partial charge in [-0.2, -0.15) is 0 Å². The average molecular weight is 596 g/mol. The largest absolute Gasteiger partial charge is 0.480 e. The van der Waals surface area contributed by atoms with Crippen LogP contribution in [0.5, 0.6) is 0 Å². The number of nitrogens with two attached hydrogens (primary N) is 1. The van der Waals surface area contributed by atoms with Crippen LogP contribution in [0, 0.1) is 0 Å². The van der Waals surface area contributed by atoms with E-state index in [4.69, 9.17) is 24.8 Å². The number of carbonyl (C=O) groups is 3. The number of unbranched alkanes of at least 4 members (excludes halogenated alkanes) is 16. The van der Waals surface area contributed by atoms with Crippen LogP contribution < -0.4 is 5.73 Å². The van der Waals surface area contributed by atoms with E-state index in [1.54, 1.807) is 0 Å². The molecule has 0 aliphatic carbocycles. The van der Waals surface area contributed by atoms with Crippen molar-refractivity contribution in [1.29, 1.82) is 0 Å². The molecule has 40 heavy (non-hydrogen) atoms. The summed E-state index contributed by atoms with van der Waals surface area (Å²) in [4.78, 5) is 43.6. The van der Waals surface area contributed by atoms with E-state index in [1.807, 2.05) is 0 Å². The lowest BCUT2D eigenvalue weighted by Gasteiger charge is -2.19. The number of hydrogen-bond acceptors (Lipinski definition) is 9. The molecule has 0 aliphatic heterocycles. The minimum atomic E-state index is -4.65. The number of carbonyl (C=O) groups excluding carboxylic acids is 2. The Morgan fingerprint density at radius 2 is 1.15 bits per heavy atom. The molecule has 0 aromatic carbocycles. The van der Waals surface area contributed by atoms with E-state index in [1.165, 1.54) is 83.5 Å². The molecule has 3 atom stereocenters.